The van der Waals surface area contributed by atoms with Crippen LogP contribution in [-0.4, -0.2) is 53.0 Å². The van der Waals surface area contributed by atoms with Crippen LogP contribution < -0.4 is 9.64 Å². The zero-order valence-electron chi connectivity index (χ0n) is 18.5. The van der Waals surface area contributed by atoms with Crippen molar-refractivity contribution < 1.29 is 9.53 Å². The quantitative estimate of drug-likeness (QED) is 0.518. The number of aromatic nitrogens is 2. The number of rotatable bonds is 10. The molecule has 1 unspecified atom stereocenters. The summed E-state index contributed by atoms with van der Waals surface area (Å²) >= 11 is 1.45. The van der Waals surface area contributed by atoms with Crippen molar-refractivity contribution in [2.75, 3.05) is 31.6 Å². The molecule has 1 aromatic carbocycles. The maximum atomic E-state index is 12.6. The van der Waals surface area contributed by atoms with E-state index in [1.54, 1.807) is 7.11 Å². The maximum Gasteiger partial charge on any atom is 0.222 e. The zero-order chi connectivity index (χ0) is 21.3. The van der Waals surface area contributed by atoms with Gasteiger partial charge in [0, 0.05) is 50.1 Å². The van der Waals surface area contributed by atoms with Crippen LogP contribution in [0.5, 0.6) is 5.75 Å². The Bertz CT molecular complexity index is 810. The number of ether oxygens (including phenoxy) is 1. The van der Waals surface area contributed by atoms with Crippen molar-refractivity contribution in [1.82, 2.24) is 14.3 Å². The van der Waals surface area contributed by atoms with E-state index >= 15 is 0 Å². The van der Waals surface area contributed by atoms with E-state index in [1.807, 2.05) is 18.2 Å². The van der Waals surface area contributed by atoms with Crippen molar-refractivity contribution in [3.63, 3.8) is 0 Å². The van der Waals surface area contributed by atoms with Gasteiger partial charge in [0.05, 0.1) is 7.11 Å². The molecule has 1 aromatic heterocycles. The molecule has 0 bridgehead atoms. The lowest BCUT2D eigenvalue weighted by atomic mass is 10.1. The predicted molar refractivity (Wildman–Crippen MR) is 122 cm³/mol. The van der Waals surface area contributed by atoms with Crippen LogP contribution in [-0.2, 0) is 11.2 Å². The molecule has 7 heteroatoms. The lowest BCUT2D eigenvalue weighted by Crippen LogP contribution is -2.54. The molecule has 164 valence electrons. The molecule has 0 saturated carbocycles. The monoisotopic (exact) mass is 430 g/mol. The number of amides is 1. The van der Waals surface area contributed by atoms with E-state index in [0.29, 0.717) is 18.7 Å². The van der Waals surface area contributed by atoms with E-state index in [4.69, 9.17) is 9.72 Å². The van der Waals surface area contributed by atoms with Gasteiger partial charge in [0.15, 0.2) is 0 Å². The number of carbonyl (C=O) groups excluding carboxylic acids is 1. The minimum atomic E-state index is 0.202. The molecule has 2 heterocycles. The highest BCUT2D eigenvalue weighted by atomic mass is 32.1. The second kappa shape index (κ2) is 11.3. The number of nitrogens with zero attached hydrogens (tertiary/aromatic N) is 4. The molecule has 0 N–H and O–H groups in total. The van der Waals surface area contributed by atoms with Gasteiger partial charge in [0.1, 0.15) is 11.6 Å². The fraction of sp³-hybridized carbons (Fsp3) is 0.609. The Kier molecular flexibility index (Phi) is 8.49. The van der Waals surface area contributed by atoms with Gasteiger partial charge in [0.2, 0.25) is 11.0 Å². The number of hydrogen-bond donors (Lipinski definition) is 0. The van der Waals surface area contributed by atoms with Crippen molar-refractivity contribution in [2.24, 2.45) is 0 Å². The van der Waals surface area contributed by atoms with Gasteiger partial charge in [-0.15, -0.1) is 0 Å². The highest BCUT2D eigenvalue weighted by molar-refractivity contribution is 7.09. The third-order valence-corrected chi connectivity index (χ3v) is 6.48. The number of carbonyl (C=O) groups is 1. The van der Waals surface area contributed by atoms with Gasteiger partial charge < -0.3 is 14.5 Å². The van der Waals surface area contributed by atoms with Crippen LogP contribution in [0.15, 0.2) is 24.3 Å². The highest BCUT2D eigenvalue weighted by Gasteiger charge is 2.28. The van der Waals surface area contributed by atoms with E-state index in [9.17, 15) is 4.79 Å². The van der Waals surface area contributed by atoms with E-state index in [1.165, 1.54) is 30.8 Å². The second-order valence-corrected chi connectivity index (χ2v) is 8.80. The first kappa shape index (κ1) is 22.5. The minimum absolute atomic E-state index is 0.202. The van der Waals surface area contributed by atoms with Crippen LogP contribution >= 0.6 is 11.5 Å². The average Bonchev–Trinajstić information content (AvgIpc) is 3.22. The Labute approximate surface area is 184 Å². The first-order chi connectivity index (χ1) is 14.6. The molecule has 1 amide bonds. The van der Waals surface area contributed by atoms with E-state index in [0.717, 1.165) is 54.7 Å². The molecular weight excluding hydrogens is 396 g/mol. The summed E-state index contributed by atoms with van der Waals surface area (Å²) in [5.41, 5.74) is 1.14. The van der Waals surface area contributed by atoms with Crippen LogP contribution in [0.2, 0.25) is 0 Å². The largest absolute Gasteiger partial charge is 0.497 e. The summed E-state index contributed by atoms with van der Waals surface area (Å²) in [6.45, 7) is 6.75. The van der Waals surface area contributed by atoms with Gasteiger partial charge in [-0.3, -0.25) is 4.79 Å². The lowest BCUT2D eigenvalue weighted by molar-refractivity contribution is -0.133. The standard InChI is InChI=1S/C23H34N4O2S/c1-4-5-6-7-8-12-22(28)27-14-13-26(17-18(27)2)23-24-21(25-30-23)16-19-10-9-11-20(15-19)29-3/h9-11,15,18H,4-8,12-14,16-17H2,1-3H3. The van der Waals surface area contributed by atoms with Crippen LogP contribution in [0.3, 0.4) is 0 Å². The number of hydrogen-bond acceptors (Lipinski definition) is 6. The van der Waals surface area contributed by atoms with Gasteiger partial charge >= 0.3 is 0 Å². The SMILES string of the molecule is CCCCCCCC(=O)N1CCN(c2nc(Cc3cccc(OC)c3)ns2)CC1C. The number of piperazine rings is 1. The van der Waals surface area contributed by atoms with Gasteiger partial charge in [0.25, 0.3) is 0 Å². The molecule has 2 aromatic rings. The molecule has 1 aliphatic heterocycles. The average molecular weight is 431 g/mol. The van der Waals surface area contributed by atoms with Gasteiger partial charge in [-0.25, -0.2) is 4.98 Å². The second-order valence-electron chi connectivity index (χ2n) is 8.07. The number of anilines is 1. The molecular formula is C23H34N4O2S. The van der Waals surface area contributed by atoms with Gasteiger partial charge in [-0.05, 0) is 31.0 Å². The fourth-order valence-electron chi connectivity index (χ4n) is 3.94. The molecule has 0 spiro atoms. The first-order valence-corrected chi connectivity index (χ1v) is 11.9. The molecule has 1 saturated heterocycles. The fourth-order valence-corrected chi connectivity index (χ4v) is 4.66. The third kappa shape index (κ3) is 6.17. The zero-order valence-corrected chi connectivity index (χ0v) is 19.3. The summed E-state index contributed by atoms with van der Waals surface area (Å²) in [7, 11) is 1.68. The Balaban J connectivity index is 1.50. The van der Waals surface area contributed by atoms with Crippen molar-refractivity contribution in [3.05, 3.63) is 35.7 Å². The summed E-state index contributed by atoms with van der Waals surface area (Å²) < 4.78 is 9.85. The van der Waals surface area contributed by atoms with E-state index < -0.39 is 0 Å². The van der Waals surface area contributed by atoms with Crippen molar-refractivity contribution >= 4 is 22.6 Å². The minimum Gasteiger partial charge on any atom is -0.497 e. The first-order valence-electron chi connectivity index (χ1n) is 11.1. The lowest BCUT2D eigenvalue weighted by Gasteiger charge is -2.39. The Morgan fingerprint density at radius 3 is 2.83 bits per heavy atom. The summed E-state index contributed by atoms with van der Waals surface area (Å²) in [5, 5.41) is 0.950. The van der Waals surface area contributed by atoms with Crippen LogP contribution in [0.1, 0.15) is 63.8 Å². The molecule has 6 nitrogen and oxygen atoms in total. The van der Waals surface area contributed by atoms with Crippen LogP contribution in [0.4, 0.5) is 5.13 Å². The van der Waals surface area contributed by atoms with E-state index in [2.05, 4.69) is 34.1 Å². The van der Waals surface area contributed by atoms with Gasteiger partial charge in [-0.2, -0.15) is 4.37 Å². The number of unbranched alkanes of at least 4 members (excludes halogenated alkanes) is 4. The molecule has 0 aliphatic carbocycles. The highest BCUT2D eigenvalue weighted by Crippen LogP contribution is 2.24. The summed E-state index contributed by atoms with van der Waals surface area (Å²) in [4.78, 5) is 21.7. The topological polar surface area (TPSA) is 58.6 Å². The molecule has 1 atom stereocenters. The van der Waals surface area contributed by atoms with Crippen LogP contribution in [0.25, 0.3) is 0 Å². The number of benzene rings is 1. The Morgan fingerprint density at radius 1 is 1.23 bits per heavy atom. The normalized spacial score (nSPS) is 16.7. The van der Waals surface area contributed by atoms with Crippen molar-refractivity contribution in [3.8, 4) is 5.75 Å². The predicted octanol–water partition coefficient (Wildman–Crippen LogP) is 4.54. The third-order valence-electron chi connectivity index (χ3n) is 5.67. The number of methoxy groups -OCH3 is 1. The molecule has 1 fully saturated rings. The van der Waals surface area contributed by atoms with Crippen molar-refractivity contribution in [1.29, 1.82) is 0 Å². The van der Waals surface area contributed by atoms with Gasteiger partial charge in [-0.1, -0.05) is 44.7 Å². The summed E-state index contributed by atoms with van der Waals surface area (Å²) in [5.74, 6) is 1.99. The summed E-state index contributed by atoms with van der Waals surface area (Å²) in [6, 6.07) is 8.22. The van der Waals surface area contributed by atoms with E-state index in [-0.39, 0.29) is 6.04 Å². The maximum absolute atomic E-state index is 12.6. The molecule has 0 radical (unpaired) electrons. The van der Waals surface area contributed by atoms with Crippen LogP contribution in [0, 0.1) is 0 Å². The summed E-state index contributed by atoms with van der Waals surface area (Å²) in [6.07, 6.45) is 7.29. The Hall–Kier alpha value is -2.15. The van der Waals surface area contributed by atoms with Crippen molar-refractivity contribution in [2.45, 2.75) is 64.8 Å². The molecule has 3 rings (SSSR count). The smallest absolute Gasteiger partial charge is 0.222 e. The molecule has 1 aliphatic rings. The Morgan fingerprint density at radius 2 is 2.07 bits per heavy atom. The molecule has 30 heavy (non-hydrogen) atoms.